The van der Waals surface area contributed by atoms with Crippen LogP contribution >= 0.6 is 0 Å². The summed E-state index contributed by atoms with van der Waals surface area (Å²) < 4.78 is 1.15. The number of unbranched alkanes of at least 4 members (excludes halogenated alkanes) is 24. The van der Waals surface area contributed by atoms with Crippen molar-refractivity contribution in [3.8, 4) is 0 Å². The Morgan fingerprint density at radius 3 is 1.12 bits per heavy atom. The van der Waals surface area contributed by atoms with Crippen LogP contribution in [0.5, 0.6) is 0 Å². The summed E-state index contributed by atoms with van der Waals surface area (Å²) >= 11 is 0. The minimum absolute atomic E-state index is 0.645. The molecule has 0 amide bonds. The second-order valence-corrected chi connectivity index (χ2v) is 13.7. The zero-order valence-electron chi connectivity index (χ0n) is 28.2. The predicted octanol–water partition coefficient (Wildman–Crippen LogP) is 13.4. The van der Waals surface area contributed by atoms with E-state index in [4.69, 9.17) is 0 Å². The van der Waals surface area contributed by atoms with Crippen molar-refractivity contribution in [1.29, 1.82) is 0 Å². The van der Waals surface area contributed by atoms with Crippen molar-refractivity contribution in [3.05, 3.63) is 35.9 Å². The number of hydrogen-bond donors (Lipinski definition) is 0. The summed E-state index contributed by atoms with van der Waals surface area (Å²) in [4.78, 5) is 0. The Morgan fingerprint density at radius 1 is 0.425 bits per heavy atom. The Bertz CT molecular complexity index is 621. The van der Waals surface area contributed by atoms with E-state index in [0.29, 0.717) is 6.04 Å². The SMILES string of the molecule is CCCCCCCCCCCCCCCC[N+](C)(C)C(CCCCCCCCCCCCCC)c1ccccc1. The van der Waals surface area contributed by atoms with E-state index in [1.165, 1.54) is 180 Å². The fourth-order valence-corrected chi connectivity index (χ4v) is 6.64. The van der Waals surface area contributed by atoms with Gasteiger partial charge in [0.25, 0.3) is 0 Å². The van der Waals surface area contributed by atoms with Crippen molar-refractivity contribution in [2.24, 2.45) is 0 Å². The van der Waals surface area contributed by atoms with Crippen LogP contribution in [0.1, 0.15) is 199 Å². The van der Waals surface area contributed by atoms with Crippen LogP contribution in [0, 0.1) is 0 Å². The van der Waals surface area contributed by atoms with Gasteiger partial charge in [0, 0.05) is 12.0 Å². The molecule has 1 atom stereocenters. The lowest BCUT2D eigenvalue weighted by atomic mass is 9.96. The lowest BCUT2D eigenvalue weighted by Gasteiger charge is -2.39. The first-order valence-electron chi connectivity index (χ1n) is 18.5. The van der Waals surface area contributed by atoms with Crippen molar-refractivity contribution < 1.29 is 4.48 Å². The van der Waals surface area contributed by atoms with Crippen molar-refractivity contribution >= 4 is 0 Å². The summed E-state index contributed by atoms with van der Waals surface area (Å²) in [5.41, 5.74) is 1.56. The highest BCUT2D eigenvalue weighted by atomic mass is 15.3. The first kappa shape index (κ1) is 37.2. The van der Waals surface area contributed by atoms with Gasteiger partial charge in [-0.3, -0.25) is 0 Å². The summed E-state index contributed by atoms with van der Waals surface area (Å²) in [5, 5.41) is 0. The molecule has 0 aromatic heterocycles. The fourth-order valence-electron chi connectivity index (χ4n) is 6.64. The van der Waals surface area contributed by atoms with Gasteiger partial charge in [0.1, 0.15) is 6.04 Å². The van der Waals surface area contributed by atoms with Crippen LogP contribution in [0.3, 0.4) is 0 Å². The number of nitrogens with zero attached hydrogens (tertiary/aromatic N) is 1. The second-order valence-electron chi connectivity index (χ2n) is 13.7. The van der Waals surface area contributed by atoms with E-state index in [-0.39, 0.29) is 0 Å². The van der Waals surface area contributed by atoms with Gasteiger partial charge in [0.05, 0.1) is 20.6 Å². The second kappa shape index (κ2) is 27.0. The molecule has 1 aromatic rings. The zero-order valence-corrected chi connectivity index (χ0v) is 28.2. The maximum atomic E-state index is 2.50. The normalized spacial score (nSPS) is 12.7. The van der Waals surface area contributed by atoms with Crippen LogP contribution in [0.2, 0.25) is 0 Å². The molecule has 0 saturated heterocycles. The lowest BCUT2D eigenvalue weighted by molar-refractivity contribution is -0.921. The molecule has 0 aliphatic rings. The monoisotopic (exact) mass is 557 g/mol. The molecule has 0 radical (unpaired) electrons. The van der Waals surface area contributed by atoms with Crippen LogP contribution in [-0.4, -0.2) is 25.1 Å². The Labute approximate surface area is 253 Å². The molecular formula is C39H74N+. The summed E-state index contributed by atoms with van der Waals surface area (Å²) in [5.74, 6) is 0. The summed E-state index contributed by atoms with van der Waals surface area (Å²) in [6.07, 6.45) is 38.8. The van der Waals surface area contributed by atoms with Gasteiger partial charge in [-0.1, -0.05) is 192 Å². The minimum Gasteiger partial charge on any atom is -0.322 e. The standard InChI is InChI=1S/C39H74N/c1-5-7-9-11-13-15-17-19-20-22-24-26-28-33-37-40(3,4)39(38-34-30-29-31-35-38)36-32-27-25-23-21-18-16-14-12-10-8-6-2/h29-31,34-35,39H,5-28,32-33,36-37H2,1-4H3/q+1. The van der Waals surface area contributed by atoms with E-state index < -0.39 is 0 Å². The molecule has 1 unspecified atom stereocenters. The summed E-state index contributed by atoms with van der Waals surface area (Å²) in [6.45, 7) is 5.93. The first-order valence-corrected chi connectivity index (χ1v) is 18.5. The van der Waals surface area contributed by atoms with Crippen LogP contribution in [0.15, 0.2) is 30.3 Å². The molecule has 0 aliphatic carbocycles. The number of rotatable bonds is 30. The van der Waals surface area contributed by atoms with Crippen molar-refractivity contribution in [2.75, 3.05) is 20.6 Å². The number of hydrogen-bond acceptors (Lipinski definition) is 0. The van der Waals surface area contributed by atoms with Crippen LogP contribution in [-0.2, 0) is 0 Å². The molecule has 0 bridgehead atoms. The average Bonchev–Trinajstić information content (AvgIpc) is 2.96. The van der Waals surface area contributed by atoms with Crippen LogP contribution < -0.4 is 0 Å². The van der Waals surface area contributed by atoms with Gasteiger partial charge < -0.3 is 4.48 Å². The van der Waals surface area contributed by atoms with E-state index in [1.807, 2.05) is 0 Å². The Hall–Kier alpha value is -0.820. The Morgan fingerprint density at radius 2 is 0.750 bits per heavy atom. The molecule has 0 aliphatic heterocycles. The molecular weight excluding hydrogens is 482 g/mol. The molecule has 0 fully saturated rings. The smallest absolute Gasteiger partial charge is 0.114 e. The molecule has 1 nitrogen and oxygen atoms in total. The highest BCUT2D eigenvalue weighted by Gasteiger charge is 2.28. The van der Waals surface area contributed by atoms with Crippen molar-refractivity contribution in [2.45, 2.75) is 193 Å². The minimum atomic E-state index is 0.645. The summed E-state index contributed by atoms with van der Waals surface area (Å²) in [6, 6.07) is 12.1. The maximum Gasteiger partial charge on any atom is 0.114 e. The van der Waals surface area contributed by atoms with Gasteiger partial charge in [-0.15, -0.1) is 0 Å². The third-order valence-electron chi connectivity index (χ3n) is 9.45. The van der Waals surface area contributed by atoms with E-state index in [9.17, 15) is 0 Å². The quantitative estimate of drug-likeness (QED) is 0.0653. The topological polar surface area (TPSA) is 0 Å². The van der Waals surface area contributed by atoms with Gasteiger partial charge >= 0.3 is 0 Å². The molecule has 0 heterocycles. The Kier molecular flexibility index (Phi) is 25.2. The maximum absolute atomic E-state index is 2.50. The molecule has 1 rings (SSSR count). The first-order chi connectivity index (χ1) is 19.6. The van der Waals surface area contributed by atoms with Crippen molar-refractivity contribution in [1.82, 2.24) is 0 Å². The van der Waals surface area contributed by atoms with Crippen LogP contribution in [0.4, 0.5) is 0 Å². The van der Waals surface area contributed by atoms with Gasteiger partial charge in [-0.25, -0.2) is 0 Å². The summed E-state index contributed by atoms with van der Waals surface area (Å²) in [7, 11) is 5.00. The van der Waals surface area contributed by atoms with E-state index in [2.05, 4.69) is 58.3 Å². The van der Waals surface area contributed by atoms with Gasteiger partial charge in [-0.2, -0.15) is 0 Å². The van der Waals surface area contributed by atoms with Crippen LogP contribution in [0.25, 0.3) is 0 Å². The molecule has 234 valence electrons. The molecule has 1 aromatic carbocycles. The Balaban J connectivity index is 2.17. The molecule has 0 spiro atoms. The molecule has 0 saturated carbocycles. The van der Waals surface area contributed by atoms with Gasteiger partial charge in [-0.05, 0) is 19.3 Å². The predicted molar refractivity (Wildman–Crippen MR) is 182 cm³/mol. The number of benzene rings is 1. The molecule has 40 heavy (non-hydrogen) atoms. The van der Waals surface area contributed by atoms with Gasteiger partial charge in [0.2, 0.25) is 0 Å². The highest BCUT2D eigenvalue weighted by molar-refractivity contribution is 5.17. The van der Waals surface area contributed by atoms with E-state index in [1.54, 1.807) is 5.56 Å². The van der Waals surface area contributed by atoms with Crippen molar-refractivity contribution in [3.63, 3.8) is 0 Å². The fraction of sp³-hybridized carbons (Fsp3) is 0.846. The third-order valence-corrected chi connectivity index (χ3v) is 9.45. The largest absolute Gasteiger partial charge is 0.322 e. The average molecular weight is 557 g/mol. The lowest BCUT2D eigenvalue weighted by Crippen LogP contribution is -2.44. The van der Waals surface area contributed by atoms with Gasteiger partial charge in [0.15, 0.2) is 0 Å². The highest BCUT2D eigenvalue weighted by Crippen LogP contribution is 2.31. The molecule has 0 N–H and O–H groups in total. The van der Waals surface area contributed by atoms with E-state index >= 15 is 0 Å². The third kappa shape index (κ3) is 21.0. The molecule has 1 heteroatoms. The number of quaternary nitrogens is 1. The van der Waals surface area contributed by atoms with E-state index in [0.717, 1.165) is 4.48 Å². The zero-order chi connectivity index (χ0) is 29.0.